The highest BCUT2D eigenvalue weighted by atomic mass is 35.5. The van der Waals surface area contributed by atoms with Gasteiger partial charge in [0, 0.05) is 11.4 Å². The Labute approximate surface area is 117 Å². The van der Waals surface area contributed by atoms with Crippen molar-refractivity contribution in [2.75, 3.05) is 6.26 Å². The lowest BCUT2D eigenvalue weighted by Gasteiger charge is -2.03. The first-order chi connectivity index (χ1) is 8.22. The summed E-state index contributed by atoms with van der Waals surface area (Å²) in [6, 6.07) is 5.83. The van der Waals surface area contributed by atoms with Crippen LogP contribution in [0.2, 0.25) is 5.02 Å². The van der Waals surface area contributed by atoms with Crippen molar-refractivity contribution in [3.05, 3.63) is 28.8 Å². The van der Waals surface area contributed by atoms with E-state index in [2.05, 4.69) is 10.2 Å². The van der Waals surface area contributed by atoms with Gasteiger partial charge >= 0.3 is 0 Å². The lowest BCUT2D eigenvalue weighted by atomic mass is 10.2. The molecule has 0 fully saturated rings. The van der Waals surface area contributed by atoms with Crippen molar-refractivity contribution in [2.24, 2.45) is 5.73 Å². The molecule has 1 aromatic heterocycles. The largest absolute Gasteiger partial charge is 0.326 e. The van der Waals surface area contributed by atoms with Crippen molar-refractivity contribution in [2.45, 2.75) is 20.1 Å². The van der Waals surface area contributed by atoms with Crippen LogP contribution in [0.1, 0.15) is 5.56 Å². The average Bonchev–Trinajstić information content (AvgIpc) is 2.79. The van der Waals surface area contributed by atoms with E-state index >= 15 is 0 Å². The molecule has 17 heavy (non-hydrogen) atoms. The van der Waals surface area contributed by atoms with E-state index in [1.807, 2.05) is 24.5 Å². The summed E-state index contributed by atoms with van der Waals surface area (Å²) in [6.07, 6.45) is 1.98. The first kappa shape index (κ1) is 13.2. The van der Waals surface area contributed by atoms with Gasteiger partial charge in [-0.1, -0.05) is 52.5 Å². The summed E-state index contributed by atoms with van der Waals surface area (Å²) in [5, 5.41) is 8.84. The normalized spacial score (nSPS) is 10.8. The summed E-state index contributed by atoms with van der Waals surface area (Å²) in [5.41, 5.74) is 6.58. The Hall–Kier alpha value is -0.270. The zero-order chi connectivity index (χ0) is 12.3. The molecule has 0 saturated carbocycles. The molecule has 2 aromatic rings. The first-order valence-corrected chi connectivity index (χ1v) is 8.00. The van der Waals surface area contributed by atoms with E-state index in [-0.39, 0.29) is 0 Å². The molecule has 0 radical (unpaired) electrons. The van der Waals surface area contributed by atoms with Gasteiger partial charge in [-0.15, -0.1) is 10.2 Å². The van der Waals surface area contributed by atoms with Crippen LogP contribution in [0.5, 0.6) is 0 Å². The van der Waals surface area contributed by atoms with E-state index in [0.29, 0.717) is 11.6 Å². The monoisotopic (exact) mass is 303 g/mol. The molecule has 90 valence electrons. The van der Waals surface area contributed by atoms with Gasteiger partial charge in [0.1, 0.15) is 0 Å². The molecular weight excluding hydrogens is 294 g/mol. The van der Waals surface area contributed by atoms with Crippen molar-refractivity contribution >= 4 is 46.5 Å². The van der Waals surface area contributed by atoms with Crippen molar-refractivity contribution in [3.8, 4) is 0 Å². The number of thioether (sulfide) groups is 1. The molecule has 0 saturated heterocycles. The van der Waals surface area contributed by atoms with Gasteiger partial charge < -0.3 is 5.73 Å². The Morgan fingerprint density at radius 1 is 1.35 bits per heavy atom. The summed E-state index contributed by atoms with van der Waals surface area (Å²) in [7, 11) is 0. The summed E-state index contributed by atoms with van der Waals surface area (Å²) in [6.45, 7) is 0.500. The molecule has 2 N–H and O–H groups in total. The Balaban J connectivity index is 2.18. The van der Waals surface area contributed by atoms with Gasteiger partial charge in [-0.25, -0.2) is 0 Å². The fraction of sp³-hybridized carbons (Fsp3) is 0.200. The predicted molar refractivity (Wildman–Crippen MR) is 75.2 cm³/mol. The van der Waals surface area contributed by atoms with E-state index < -0.39 is 0 Å². The molecule has 0 bridgehead atoms. The molecule has 2 rings (SSSR count). The molecule has 0 atom stereocenters. The molecule has 3 nitrogen and oxygen atoms in total. The highest BCUT2D eigenvalue weighted by Crippen LogP contribution is 2.36. The van der Waals surface area contributed by atoms with Crippen molar-refractivity contribution < 1.29 is 0 Å². The summed E-state index contributed by atoms with van der Waals surface area (Å²) in [5.74, 6) is 0. The van der Waals surface area contributed by atoms with E-state index in [0.717, 1.165) is 19.1 Å². The minimum atomic E-state index is 0.500. The highest BCUT2D eigenvalue weighted by Gasteiger charge is 2.08. The van der Waals surface area contributed by atoms with E-state index in [9.17, 15) is 0 Å². The molecule has 0 unspecified atom stereocenters. The molecule has 0 spiro atoms. The van der Waals surface area contributed by atoms with Gasteiger partial charge in [0.05, 0.1) is 5.02 Å². The number of hydrogen-bond donors (Lipinski definition) is 1. The quantitative estimate of drug-likeness (QED) is 0.876. The van der Waals surface area contributed by atoms with Crippen LogP contribution in [0.4, 0.5) is 0 Å². The van der Waals surface area contributed by atoms with Crippen LogP contribution < -0.4 is 5.73 Å². The lowest BCUT2D eigenvalue weighted by Crippen LogP contribution is -1.95. The van der Waals surface area contributed by atoms with Gasteiger partial charge in [-0.2, -0.15) is 0 Å². The maximum absolute atomic E-state index is 6.17. The van der Waals surface area contributed by atoms with Gasteiger partial charge in [-0.05, 0) is 24.0 Å². The SMILES string of the molecule is CSc1nnc(Sc2ccc(CN)cc2Cl)s1. The third-order valence-electron chi connectivity index (χ3n) is 1.99. The highest BCUT2D eigenvalue weighted by molar-refractivity contribution is 8.03. The zero-order valence-electron chi connectivity index (χ0n) is 9.01. The maximum atomic E-state index is 6.17. The summed E-state index contributed by atoms with van der Waals surface area (Å²) < 4.78 is 1.86. The van der Waals surface area contributed by atoms with Crippen LogP contribution in [0.15, 0.2) is 31.8 Å². The lowest BCUT2D eigenvalue weighted by molar-refractivity contribution is 0.955. The van der Waals surface area contributed by atoms with Crippen LogP contribution in [0.25, 0.3) is 0 Å². The third-order valence-corrected chi connectivity index (χ3v) is 5.44. The molecule has 1 heterocycles. The Morgan fingerprint density at radius 2 is 2.12 bits per heavy atom. The van der Waals surface area contributed by atoms with Crippen LogP contribution >= 0.6 is 46.5 Å². The fourth-order valence-corrected chi connectivity index (χ4v) is 3.89. The third kappa shape index (κ3) is 3.35. The van der Waals surface area contributed by atoms with E-state index in [4.69, 9.17) is 17.3 Å². The average molecular weight is 304 g/mol. The van der Waals surface area contributed by atoms with Gasteiger partial charge in [-0.3, -0.25) is 0 Å². The fourth-order valence-electron chi connectivity index (χ4n) is 1.17. The Bertz CT molecular complexity index is 515. The number of nitrogens with zero attached hydrogens (tertiary/aromatic N) is 2. The molecule has 0 amide bonds. The summed E-state index contributed by atoms with van der Waals surface area (Å²) >= 11 is 10.9. The van der Waals surface area contributed by atoms with Crippen molar-refractivity contribution in [3.63, 3.8) is 0 Å². The topological polar surface area (TPSA) is 51.8 Å². The van der Waals surface area contributed by atoms with Crippen LogP contribution in [0, 0.1) is 0 Å². The van der Waals surface area contributed by atoms with Crippen LogP contribution in [-0.4, -0.2) is 16.5 Å². The minimum Gasteiger partial charge on any atom is -0.326 e. The number of rotatable bonds is 4. The van der Waals surface area contributed by atoms with Crippen LogP contribution in [-0.2, 0) is 6.54 Å². The van der Waals surface area contributed by atoms with E-state index in [1.165, 1.54) is 11.8 Å². The smallest absolute Gasteiger partial charge is 0.179 e. The second-order valence-corrected chi connectivity index (χ2v) is 6.84. The van der Waals surface area contributed by atoms with Crippen molar-refractivity contribution in [1.82, 2.24) is 10.2 Å². The molecule has 0 aliphatic rings. The molecule has 0 aliphatic carbocycles. The van der Waals surface area contributed by atoms with Gasteiger partial charge in [0.2, 0.25) is 0 Å². The second kappa shape index (κ2) is 6.06. The number of aromatic nitrogens is 2. The Morgan fingerprint density at radius 3 is 2.71 bits per heavy atom. The van der Waals surface area contributed by atoms with Crippen LogP contribution in [0.3, 0.4) is 0 Å². The molecule has 1 aromatic carbocycles. The number of halogens is 1. The van der Waals surface area contributed by atoms with E-state index in [1.54, 1.807) is 23.1 Å². The maximum Gasteiger partial charge on any atom is 0.179 e. The first-order valence-electron chi connectivity index (χ1n) is 4.76. The standard InChI is InChI=1S/C10H10ClN3S3/c1-15-9-13-14-10(17-9)16-8-3-2-6(5-12)4-7(8)11/h2-4H,5,12H2,1H3. The second-order valence-electron chi connectivity index (χ2n) is 3.11. The zero-order valence-corrected chi connectivity index (χ0v) is 12.2. The molecule has 0 aliphatic heterocycles. The summed E-state index contributed by atoms with van der Waals surface area (Å²) in [4.78, 5) is 0.979. The Kier molecular flexibility index (Phi) is 4.69. The van der Waals surface area contributed by atoms with Crippen molar-refractivity contribution in [1.29, 1.82) is 0 Å². The number of hydrogen-bond acceptors (Lipinski definition) is 6. The predicted octanol–water partition coefficient (Wildman–Crippen LogP) is 3.52. The number of nitrogens with two attached hydrogens (primary N) is 1. The minimum absolute atomic E-state index is 0.500. The molecular formula is C10H10ClN3S3. The molecule has 7 heteroatoms. The van der Waals surface area contributed by atoms with Gasteiger partial charge in [0.25, 0.3) is 0 Å². The van der Waals surface area contributed by atoms with Gasteiger partial charge in [0.15, 0.2) is 8.68 Å². The number of benzene rings is 1.